The Morgan fingerprint density at radius 3 is 2.76 bits per heavy atom. The van der Waals surface area contributed by atoms with Gasteiger partial charge in [-0.2, -0.15) is 0 Å². The quantitative estimate of drug-likeness (QED) is 0.729. The average molecular weight is 334 g/mol. The van der Waals surface area contributed by atoms with Crippen LogP contribution >= 0.6 is 0 Å². The number of nitrogens with zero attached hydrogens (tertiary/aromatic N) is 3. The molecule has 2 heterocycles. The van der Waals surface area contributed by atoms with E-state index in [1.165, 1.54) is 10.9 Å². The lowest BCUT2D eigenvalue weighted by atomic mass is 10.2. The number of rotatable bonds is 5. The van der Waals surface area contributed by atoms with E-state index in [4.69, 9.17) is 5.73 Å². The van der Waals surface area contributed by atoms with Crippen LogP contribution in [0.4, 0.5) is 5.82 Å². The van der Waals surface area contributed by atoms with Crippen molar-refractivity contribution in [2.45, 2.75) is 13.5 Å². The molecule has 0 unspecified atom stereocenters. The minimum Gasteiger partial charge on any atom is -0.384 e. The third kappa shape index (κ3) is 3.71. The zero-order valence-corrected chi connectivity index (χ0v) is 14.5. The number of benzene rings is 1. The van der Waals surface area contributed by atoms with E-state index in [1.807, 2.05) is 37.1 Å². The van der Waals surface area contributed by atoms with Crippen molar-refractivity contribution >= 4 is 28.7 Å². The van der Waals surface area contributed by atoms with Crippen LogP contribution < -0.4 is 5.73 Å². The largest absolute Gasteiger partial charge is 0.384 e. The molecular weight excluding hydrogens is 312 g/mol. The third-order valence-corrected chi connectivity index (χ3v) is 4.32. The van der Waals surface area contributed by atoms with E-state index in [2.05, 4.69) is 27.8 Å². The maximum absolute atomic E-state index is 12.5. The predicted octanol–water partition coefficient (Wildman–Crippen LogP) is 3.22. The number of likely N-dealkylation sites (N-methyl/N-ethyl adjacent to an activating group) is 1. The molecule has 2 aromatic heterocycles. The molecule has 0 saturated heterocycles. The van der Waals surface area contributed by atoms with Gasteiger partial charge in [-0.15, -0.1) is 0 Å². The first kappa shape index (κ1) is 16.8. The Morgan fingerprint density at radius 2 is 2.08 bits per heavy atom. The molecule has 0 aliphatic rings. The van der Waals surface area contributed by atoms with Gasteiger partial charge in [-0.3, -0.25) is 4.79 Å². The number of nitrogens with two attached hydrogens (primary N) is 1. The van der Waals surface area contributed by atoms with E-state index in [-0.39, 0.29) is 5.91 Å². The molecule has 5 nitrogen and oxygen atoms in total. The second-order valence-electron chi connectivity index (χ2n) is 5.96. The first-order valence-corrected chi connectivity index (χ1v) is 8.30. The van der Waals surface area contributed by atoms with Crippen LogP contribution in [-0.4, -0.2) is 26.9 Å². The lowest BCUT2D eigenvalue weighted by molar-refractivity contribution is -0.126. The van der Waals surface area contributed by atoms with Crippen LogP contribution in [0.3, 0.4) is 0 Å². The number of fused-ring (bicyclic) bond motifs is 1. The number of carbonyl (C=O) groups is 1. The summed E-state index contributed by atoms with van der Waals surface area (Å²) in [6.07, 6.45) is 5.00. The number of nitrogen functional groups attached to an aromatic ring is 1. The SMILES string of the molecule is CCN(Cc1cc2ccccc2n1C)C(=O)/C=C/c1ccc(N)nc1. The van der Waals surface area contributed by atoms with Crippen molar-refractivity contribution in [3.8, 4) is 0 Å². The Morgan fingerprint density at radius 1 is 1.28 bits per heavy atom. The van der Waals surface area contributed by atoms with Gasteiger partial charge >= 0.3 is 0 Å². The molecule has 0 aliphatic carbocycles. The van der Waals surface area contributed by atoms with Gasteiger partial charge < -0.3 is 15.2 Å². The van der Waals surface area contributed by atoms with Gasteiger partial charge in [-0.25, -0.2) is 4.98 Å². The van der Waals surface area contributed by atoms with Gasteiger partial charge in [0.1, 0.15) is 5.82 Å². The molecule has 2 N–H and O–H groups in total. The number of anilines is 1. The fourth-order valence-electron chi connectivity index (χ4n) is 2.83. The van der Waals surface area contributed by atoms with E-state index >= 15 is 0 Å². The molecule has 25 heavy (non-hydrogen) atoms. The minimum absolute atomic E-state index is 0.0235. The van der Waals surface area contributed by atoms with E-state index in [9.17, 15) is 4.79 Å². The monoisotopic (exact) mass is 334 g/mol. The molecule has 0 saturated carbocycles. The summed E-state index contributed by atoms with van der Waals surface area (Å²) in [7, 11) is 2.03. The number of para-hydroxylation sites is 1. The summed E-state index contributed by atoms with van der Waals surface area (Å²) in [4.78, 5) is 18.4. The molecule has 128 valence electrons. The number of aromatic nitrogens is 2. The maximum Gasteiger partial charge on any atom is 0.246 e. The van der Waals surface area contributed by atoms with Gasteiger partial charge in [0.05, 0.1) is 6.54 Å². The van der Waals surface area contributed by atoms with E-state index in [0.29, 0.717) is 18.9 Å². The van der Waals surface area contributed by atoms with Crippen molar-refractivity contribution in [2.75, 3.05) is 12.3 Å². The van der Waals surface area contributed by atoms with E-state index < -0.39 is 0 Å². The fraction of sp³-hybridized carbons (Fsp3) is 0.200. The summed E-state index contributed by atoms with van der Waals surface area (Å²) >= 11 is 0. The lowest BCUT2D eigenvalue weighted by Crippen LogP contribution is -2.29. The topological polar surface area (TPSA) is 64.2 Å². The Bertz CT molecular complexity index is 909. The Hall–Kier alpha value is -3.08. The number of aryl methyl sites for hydroxylation is 1. The molecule has 5 heteroatoms. The smallest absolute Gasteiger partial charge is 0.246 e. The molecule has 0 spiro atoms. The summed E-state index contributed by atoms with van der Waals surface area (Å²) < 4.78 is 2.14. The zero-order chi connectivity index (χ0) is 17.8. The van der Waals surface area contributed by atoms with Crippen molar-refractivity contribution in [2.24, 2.45) is 7.05 Å². The van der Waals surface area contributed by atoms with Crippen molar-refractivity contribution in [3.05, 3.63) is 66.0 Å². The first-order chi connectivity index (χ1) is 12.1. The van der Waals surface area contributed by atoms with Gasteiger partial charge in [0.15, 0.2) is 0 Å². The zero-order valence-electron chi connectivity index (χ0n) is 14.5. The number of hydrogen-bond acceptors (Lipinski definition) is 3. The molecule has 0 fully saturated rings. The highest BCUT2D eigenvalue weighted by atomic mass is 16.2. The average Bonchev–Trinajstić information content (AvgIpc) is 2.95. The van der Waals surface area contributed by atoms with E-state index in [0.717, 1.165) is 11.3 Å². The van der Waals surface area contributed by atoms with Crippen molar-refractivity contribution in [1.82, 2.24) is 14.5 Å². The maximum atomic E-state index is 12.5. The van der Waals surface area contributed by atoms with Gasteiger partial charge in [0.25, 0.3) is 0 Å². The van der Waals surface area contributed by atoms with Crippen LogP contribution in [0.15, 0.2) is 54.7 Å². The van der Waals surface area contributed by atoms with Gasteiger partial charge in [-0.1, -0.05) is 18.2 Å². The van der Waals surface area contributed by atoms with Gasteiger partial charge in [-0.05, 0) is 48.2 Å². The van der Waals surface area contributed by atoms with Crippen LogP contribution in [0, 0.1) is 0 Å². The first-order valence-electron chi connectivity index (χ1n) is 8.30. The van der Waals surface area contributed by atoms with Crippen molar-refractivity contribution < 1.29 is 4.79 Å². The molecule has 0 atom stereocenters. The van der Waals surface area contributed by atoms with Gasteiger partial charge in [0.2, 0.25) is 5.91 Å². The summed E-state index contributed by atoms with van der Waals surface area (Å²) in [6, 6.07) is 13.9. The second kappa shape index (κ2) is 7.21. The third-order valence-electron chi connectivity index (χ3n) is 4.32. The predicted molar refractivity (Wildman–Crippen MR) is 102 cm³/mol. The summed E-state index contributed by atoms with van der Waals surface area (Å²) in [5, 5.41) is 1.19. The molecule has 1 aromatic carbocycles. The molecule has 0 radical (unpaired) electrons. The summed E-state index contributed by atoms with van der Waals surface area (Å²) in [5.74, 6) is 0.444. The molecule has 3 rings (SSSR count). The van der Waals surface area contributed by atoms with Crippen molar-refractivity contribution in [3.63, 3.8) is 0 Å². The molecule has 1 amide bonds. The number of amides is 1. The number of hydrogen-bond donors (Lipinski definition) is 1. The molecule has 0 bridgehead atoms. The highest BCUT2D eigenvalue weighted by molar-refractivity contribution is 5.91. The second-order valence-corrected chi connectivity index (χ2v) is 5.96. The normalized spacial score (nSPS) is 11.3. The Labute approximate surface area is 147 Å². The van der Waals surface area contributed by atoms with Crippen LogP contribution in [0.25, 0.3) is 17.0 Å². The molecular formula is C20H22N4O. The van der Waals surface area contributed by atoms with Crippen LogP contribution in [0.2, 0.25) is 0 Å². The molecule has 0 aliphatic heterocycles. The minimum atomic E-state index is -0.0235. The summed E-state index contributed by atoms with van der Waals surface area (Å²) in [5.41, 5.74) is 8.70. The lowest BCUT2D eigenvalue weighted by Gasteiger charge is -2.19. The highest BCUT2D eigenvalue weighted by Gasteiger charge is 2.13. The van der Waals surface area contributed by atoms with Crippen molar-refractivity contribution in [1.29, 1.82) is 0 Å². The Kier molecular flexibility index (Phi) is 4.84. The van der Waals surface area contributed by atoms with Crippen LogP contribution in [0.5, 0.6) is 0 Å². The van der Waals surface area contributed by atoms with Crippen LogP contribution in [-0.2, 0) is 18.4 Å². The summed E-state index contributed by atoms with van der Waals surface area (Å²) in [6.45, 7) is 3.20. The van der Waals surface area contributed by atoms with Crippen LogP contribution in [0.1, 0.15) is 18.2 Å². The van der Waals surface area contributed by atoms with E-state index in [1.54, 1.807) is 24.4 Å². The fourth-order valence-corrected chi connectivity index (χ4v) is 2.83. The number of pyridine rings is 1. The molecule has 3 aromatic rings. The highest BCUT2D eigenvalue weighted by Crippen LogP contribution is 2.19. The number of carbonyl (C=O) groups excluding carboxylic acids is 1. The Balaban J connectivity index is 1.75. The standard InChI is InChI=1S/C20H22N4O/c1-3-24(20(25)11-9-15-8-10-19(21)22-13-15)14-17-12-16-6-4-5-7-18(16)23(17)2/h4-13H,3,14H2,1-2H3,(H2,21,22)/b11-9+. The van der Waals surface area contributed by atoms with Gasteiger partial charge in [0, 0.05) is 37.1 Å².